The second-order valence-corrected chi connectivity index (χ2v) is 6.47. The van der Waals surface area contributed by atoms with Gasteiger partial charge in [-0.25, -0.2) is 10.8 Å². The van der Waals surface area contributed by atoms with Crippen molar-refractivity contribution in [2.24, 2.45) is 5.84 Å². The third-order valence-electron chi connectivity index (χ3n) is 4.62. The maximum Gasteiger partial charge on any atom is 0.161 e. The van der Waals surface area contributed by atoms with Gasteiger partial charge in [-0.05, 0) is 18.4 Å². The molecule has 0 bridgehead atoms. The van der Waals surface area contributed by atoms with E-state index in [-0.39, 0.29) is 6.04 Å². The van der Waals surface area contributed by atoms with Gasteiger partial charge in [0.15, 0.2) is 5.82 Å². The summed E-state index contributed by atoms with van der Waals surface area (Å²) in [4.78, 5) is 10.6. The van der Waals surface area contributed by atoms with Crippen molar-refractivity contribution < 1.29 is 0 Å². The summed E-state index contributed by atoms with van der Waals surface area (Å²) in [6.45, 7) is 10.7. The SMILES string of the molecule is C=C(NCc1ccccc1)C1CCCN1C(=C)CN(N)c1cnccn1. The fraction of sp³-hybridized carbons (Fsp3) is 0.300. The van der Waals surface area contributed by atoms with Crippen LogP contribution in [0.5, 0.6) is 0 Å². The quantitative estimate of drug-likeness (QED) is 0.563. The molecule has 1 fully saturated rings. The van der Waals surface area contributed by atoms with E-state index in [2.05, 4.69) is 45.5 Å². The predicted octanol–water partition coefficient (Wildman–Crippen LogP) is 2.44. The number of nitrogens with two attached hydrogens (primary N) is 1. The Labute approximate surface area is 155 Å². The molecule has 2 aromatic rings. The van der Waals surface area contributed by atoms with Crippen molar-refractivity contribution in [1.82, 2.24) is 20.2 Å². The molecule has 0 aliphatic carbocycles. The van der Waals surface area contributed by atoms with E-state index in [0.717, 1.165) is 37.3 Å². The Morgan fingerprint density at radius 1 is 1.27 bits per heavy atom. The van der Waals surface area contributed by atoms with Crippen LogP contribution in [0.15, 0.2) is 73.5 Å². The second kappa shape index (κ2) is 8.49. The van der Waals surface area contributed by atoms with Crippen LogP contribution >= 0.6 is 0 Å². The van der Waals surface area contributed by atoms with Gasteiger partial charge in [0, 0.05) is 36.9 Å². The number of anilines is 1. The lowest BCUT2D eigenvalue weighted by Gasteiger charge is -2.32. The van der Waals surface area contributed by atoms with Crippen molar-refractivity contribution >= 4 is 5.82 Å². The van der Waals surface area contributed by atoms with Gasteiger partial charge in [0.1, 0.15) is 0 Å². The van der Waals surface area contributed by atoms with Crippen LogP contribution in [-0.4, -0.2) is 34.0 Å². The van der Waals surface area contributed by atoms with E-state index < -0.39 is 0 Å². The van der Waals surface area contributed by atoms with Crippen LogP contribution in [0.25, 0.3) is 0 Å². The molecule has 1 unspecified atom stereocenters. The Morgan fingerprint density at radius 3 is 2.81 bits per heavy atom. The molecular weight excluding hydrogens is 324 g/mol. The van der Waals surface area contributed by atoms with E-state index in [1.807, 2.05) is 18.2 Å². The van der Waals surface area contributed by atoms with Gasteiger partial charge in [-0.1, -0.05) is 43.5 Å². The number of hydrogen-bond acceptors (Lipinski definition) is 6. The zero-order valence-corrected chi connectivity index (χ0v) is 15.0. The first-order valence-electron chi connectivity index (χ1n) is 8.84. The summed E-state index contributed by atoms with van der Waals surface area (Å²) in [6.07, 6.45) is 7.09. The largest absolute Gasteiger partial charge is 0.383 e. The fourth-order valence-corrected chi connectivity index (χ4v) is 3.24. The van der Waals surface area contributed by atoms with Crippen molar-refractivity contribution in [3.63, 3.8) is 0 Å². The van der Waals surface area contributed by atoms with Gasteiger partial charge in [0.25, 0.3) is 0 Å². The summed E-state index contributed by atoms with van der Waals surface area (Å²) in [5, 5.41) is 5.04. The van der Waals surface area contributed by atoms with Gasteiger partial charge in [-0.15, -0.1) is 0 Å². The zero-order chi connectivity index (χ0) is 18.4. The molecule has 1 aliphatic heterocycles. The molecule has 6 nitrogen and oxygen atoms in total. The Kier molecular flexibility index (Phi) is 5.86. The van der Waals surface area contributed by atoms with E-state index in [1.165, 1.54) is 5.56 Å². The van der Waals surface area contributed by atoms with Crippen LogP contribution in [0.2, 0.25) is 0 Å². The predicted molar refractivity (Wildman–Crippen MR) is 105 cm³/mol. The summed E-state index contributed by atoms with van der Waals surface area (Å²) >= 11 is 0. The molecule has 3 rings (SSSR count). The lowest BCUT2D eigenvalue weighted by Crippen LogP contribution is -2.41. The average Bonchev–Trinajstić information content (AvgIpc) is 3.17. The minimum atomic E-state index is 0.237. The molecule has 0 radical (unpaired) electrons. The first-order chi connectivity index (χ1) is 12.6. The third kappa shape index (κ3) is 4.40. The van der Waals surface area contributed by atoms with Crippen LogP contribution in [0.4, 0.5) is 5.82 Å². The van der Waals surface area contributed by atoms with E-state index in [4.69, 9.17) is 5.84 Å². The Bertz CT molecular complexity index is 730. The highest BCUT2D eigenvalue weighted by Crippen LogP contribution is 2.26. The van der Waals surface area contributed by atoms with E-state index in [9.17, 15) is 0 Å². The van der Waals surface area contributed by atoms with Crippen LogP contribution in [0.3, 0.4) is 0 Å². The molecule has 3 N–H and O–H groups in total. The number of nitrogens with zero attached hydrogens (tertiary/aromatic N) is 4. The first kappa shape index (κ1) is 17.9. The highest BCUT2D eigenvalue weighted by atomic mass is 15.4. The lowest BCUT2D eigenvalue weighted by atomic mass is 10.1. The number of hydrazine groups is 1. The average molecular weight is 350 g/mol. The van der Waals surface area contributed by atoms with E-state index >= 15 is 0 Å². The summed E-state index contributed by atoms with van der Waals surface area (Å²) in [6, 6.07) is 10.6. The molecule has 26 heavy (non-hydrogen) atoms. The molecule has 1 aromatic carbocycles. The number of aromatic nitrogens is 2. The van der Waals surface area contributed by atoms with Gasteiger partial charge < -0.3 is 10.2 Å². The fourth-order valence-electron chi connectivity index (χ4n) is 3.24. The summed E-state index contributed by atoms with van der Waals surface area (Å²) < 4.78 is 0. The Morgan fingerprint density at radius 2 is 2.08 bits per heavy atom. The topological polar surface area (TPSA) is 70.3 Å². The normalized spacial score (nSPS) is 16.3. The van der Waals surface area contributed by atoms with Crippen molar-refractivity contribution in [2.45, 2.75) is 25.4 Å². The number of benzene rings is 1. The van der Waals surface area contributed by atoms with Gasteiger partial charge in [-0.2, -0.15) is 0 Å². The molecule has 0 spiro atoms. The first-order valence-corrected chi connectivity index (χ1v) is 8.84. The van der Waals surface area contributed by atoms with Crippen LogP contribution in [0.1, 0.15) is 18.4 Å². The highest BCUT2D eigenvalue weighted by Gasteiger charge is 2.28. The summed E-state index contributed by atoms with van der Waals surface area (Å²) in [5.41, 5.74) is 3.23. The van der Waals surface area contributed by atoms with Crippen LogP contribution in [0, 0.1) is 0 Å². The van der Waals surface area contributed by atoms with Crippen molar-refractivity contribution in [2.75, 3.05) is 18.1 Å². The molecule has 0 saturated carbocycles. The number of likely N-dealkylation sites (tertiary alicyclic amines) is 1. The van der Waals surface area contributed by atoms with Crippen molar-refractivity contribution in [3.05, 3.63) is 79.0 Å². The molecule has 0 amide bonds. The standard InChI is InChI=1S/C20H26N6/c1-16(15-26(21)20-14-22-10-11-23-20)25-12-6-9-19(25)17(2)24-13-18-7-4-3-5-8-18/h3-5,7-8,10-11,14,19,24H,1-2,6,9,12-13,15,21H2. The molecule has 6 heteroatoms. The van der Waals surface area contributed by atoms with Crippen molar-refractivity contribution in [3.8, 4) is 0 Å². The van der Waals surface area contributed by atoms with Gasteiger partial charge in [0.05, 0.1) is 18.8 Å². The molecule has 1 atom stereocenters. The number of hydrogen-bond donors (Lipinski definition) is 2. The van der Waals surface area contributed by atoms with Crippen molar-refractivity contribution in [1.29, 1.82) is 0 Å². The smallest absolute Gasteiger partial charge is 0.161 e. The van der Waals surface area contributed by atoms with Gasteiger partial charge in [-0.3, -0.25) is 9.99 Å². The molecule has 136 valence electrons. The molecule has 2 heterocycles. The maximum atomic E-state index is 6.13. The van der Waals surface area contributed by atoms with E-state index in [1.54, 1.807) is 23.6 Å². The zero-order valence-electron chi connectivity index (χ0n) is 15.0. The molecule has 1 aromatic heterocycles. The Hall–Kier alpha value is -2.86. The minimum Gasteiger partial charge on any atom is -0.383 e. The number of rotatable bonds is 8. The minimum absolute atomic E-state index is 0.237. The number of nitrogens with one attached hydrogen (secondary N) is 1. The highest BCUT2D eigenvalue weighted by molar-refractivity contribution is 5.34. The summed E-state index contributed by atoms with van der Waals surface area (Å²) in [5.74, 6) is 6.76. The maximum absolute atomic E-state index is 6.13. The van der Waals surface area contributed by atoms with Gasteiger partial charge in [0.2, 0.25) is 0 Å². The lowest BCUT2D eigenvalue weighted by molar-refractivity contribution is 0.338. The molecule has 1 aliphatic rings. The molecular formula is C20H26N6. The summed E-state index contributed by atoms with van der Waals surface area (Å²) in [7, 11) is 0. The molecule has 1 saturated heterocycles. The van der Waals surface area contributed by atoms with Crippen LogP contribution < -0.4 is 16.2 Å². The van der Waals surface area contributed by atoms with Gasteiger partial charge >= 0.3 is 0 Å². The third-order valence-corrected chi connectivity index (χ3v) is 4.62. The Balaban J connectivity index is 1.56. The van der Waals surface area contributed by atoms with E-state index in [0.29, 0.717) is 12.4 Å². The van der Waals surface area contributed by atoms with Crippen LogP contribution in [-0.2, 0) is 6.54 Å². The monoisotopic (exact) mass is 350 g/mol. The second-order valence-electron chi connectivity index (χ2n) is 6.47.